The van der Waals surface area contributed by atoms with Gasteiger partial charge in [-0.15, -0.1) is 5.10 Å². The molecule has 0 saturated heterocycles. The van der Waals surface area contributed by atoms with Gasteiger partial charge in [0.1, 0.15) is 10.8 Å². The van der Waals surface area contributed by atoms with E-state index in [1.807, 2.05) is 12.1 Å². The van der Waals surface area contributed by atoms with Crippen molar-refractivity contribution in [2.75, 3.05) is 0 Å². The normalized spacial score (nSPS) is 10.4. The summed E-state index contributed by atoms with van der Waals surface area (Å²) in [6, 6.07) is 3.75. The minimum atomic E-state index is 0.162. The van der Waals surface area contributed by atoms with Crippen LogP contribution in [0, 0.1) is 0 Å². The van der Waals surface area contributed by atoms with E-state index in [2.05, 4.69) is 15.2 Å². The molecule has 0 amide bonds. The van der Waals surface area contributed by atoms with Crippen molar-refractivity contribution in [2.45, 2.75) is 10.8 Å². The second-order valence-corrected chi connectivity index (χ2v) is 3.77. The van der Waals surface area contributed by atoms with Crippen LogP contribution in [0.5, 0.6) is 0 Å². The first-order valence-corrected chi connectivity index (χ1v) is 5.21. The average Bonchev–Trinajstić information content (AvgIpc) is 2.67. The molecule has 14 heavy (non-hydrogen) atoms. The molecular weight excluding hydrogens is 222 g/mol. The van der Waals surface area contributed by atoms with Crippen LogP contribution in [-0.4, -0.2) is 15.2 Å². The minimum Gasteiger partial charge on any atom is -0.468 e. The highest BCUT2D eigenvalue weighted by molar-refractivity contribution is 7.98. The van der Waals surface area contributed by atoms with Gasteiger partial charge in [-0.2, -0.15) is 5.10 Å². The van der Waals surface area contributed by atoms with Crippen molar-refractivity contribution in [2.24, 2.45) is 0 Å². The van der Waals surface area contributed by atoms with Gasteiger partial charge < -0.3 is 4.42 Å². The molecule has 0 fully saturated rings. The Balaban J connectivity index is 1.98. The van der Waals surface area contributed by atoms with Crippen LogP contribution < -0.4 is 0 Å². The van der Waals surface area contributed by atoms with Crippen LogP contribution in [0.1, 0.15) is 5.76 Å². The molecule has 0 aliphatic carbocycles. The zero-order valence-corrected chi connectivity index (χ0v) is 8.63. The van der Waals surface area contributed by atoms with Gasteiger partial charge in [0.05, 0.1) is 18.2 Å². The van der Waals surface area contributed by atoms with Crippen LogP contribution in [0.3, 0.4) is 0 Å². The summed E-state index contributed by atoms with van der Waals surface area (Å²) in [5.41, 5.74) is 0. The lowest BCUT2D eigenvalue weighted by atomic mass is 10.5. The topological polar surface area (TPSA) is 51.8 Å². The molecule has 2 aromatic heterocycles. The zero-order chi connectivity index (χ0) is 9.80. The molecule has 2 rings (SSSR count). The first-order valence-electron chi connectivity index (χ1n) is 3.85. The fraction of sp³-hybridized carbons (Fsp3) is 0.125. The predicted octanol–water partition coefficient (Wildman–Crippen LogP) is 2.41. The number of hydrogen-bond donors (Lipinski definition) is 0. The summed E-state index contributed by atoms with van der Waals surface area (Å²) in [6.45, 7) is 0. The SMILES string of the molecule is Clc1nncc(SCc2ccco2)n1. The Kier molecular flexibility index (Phi) is 3.00. The third kappa shape index (κ3) is 2.46. The number of aromatic nitrogens is 3. The second-order valence-electron chi connectivity index (χ2n) is 2.43. The summed E-state index contributed by atoms with van der Waals surface area (Å²) >= 11 is 7.08. The van der Waals surface area contributed by atoms with E-state index in [9.17, 15) is 0 Å². The number of rotatable bonds is 3. The Morgan fingerprint density at radius 1 is 1.50 bits per heavy atom. The van der Waals surface area contributed by atoms with E-state index in [0.717, 1.165) is 10.8 Å². The highest BCUT2D eigenvalue weighted by atomic mass is 35.5. The van der Waals surface area contributed by atoms with E-state index in [4.69, 9.17) is 16.0 Å². The Labute approximate surface area is 89.7 Å². The molecule has 0 unspecified atom stereocenters. The van der Waals surface area contributed by atoms with Crippen molar-refractivity contribution in [3.05, 3.63) is 35.6 Å². The van der Waals surface area contributed by atoms with E-state index < -0.39 is 0 Å². The standard InChI is InChI=1S/C8H6ClN3OS/c9-8-11-7(4-10-12-8)14-5-6-2-1-3-13-6/h1-4H,5H2. The lowest BCUT2D eigenvalue weighted by Gasteiger charge is -1.96. The molecule has 2 aromatic rings. The summed E-state index contributed by atoms with van der Waals surface area (Å²) in [6.07, 6.45) is 3.21. The summed E-state index contributed by atoms with van der Waals surface area (Å²) in [5.74, 6) is 1.60. The van der Waals surface area contributed by atoms with Gasteiger partial charge in [0.25, 0.3) is 0 Å². The third-order valence-corrected chi connectivity index (χ3v) is 2.53. The van der Waals surface area contributed by atoms with Crippen molar-refractivity contribution in [3.63, 3.8) is 0 Å². The van der Waals surface area contributed by atoms with Gasteiger partial charge in [-0.25, -0.2) is 4.98 Å². The Morgan fingerprint density at radius 3 is 3.14 bits per heavy atom. The van der Waals surface area contributed by atoms with Gasteiger partial charge in [0.2, 0.25) is 5.28 Å². The quantitative estimate of drug-likeness (QED) is 0.754. The highest BCUT2D eigenvalue weighted by Gasteiger charge is 2.01. The van der Waals surface area contributed by atoms with E-state index in [1.54, 1.807) is 12.5 Å². The van der Waals surface area contributed by atoms with Gasteiger partial charge in [0, 0.05) is 0 Å². The molecule has 0 aliphatic heterocycles. The van der Waals surface area contributed by atoms with Crippen molar-refractivity contribution >= 4 is 23.4 Å². The molecule has 0 spiro atoms. The largest absolute Gasteiger partial charge is 0.468 e. The molecule has 0 bridgehead atoms. The molecule has 0 saturated carbocycles. The number of halogens is 1. The maximum Gasteiger partial charge on any atom is 0.244 e. The second kappa shape index (κ2) is 4.43. The molecule has 72 valence electrons. The molecule has 0 radical (unpaired) electrons. The number of nitrogens with zero attached hydrogens (tertiary/aromatic N) is 3. The van der Waals surface area contributed by atoms with Crippen LogP contribution in [0.4, 0.5) is 0 Å². The first kappa shape index (κ1) is 9.48. The summed E-state index contributed by atoms with van der Waals surface area (Å²) in [5, 5.41) is 8.14. The zero-order valence-electron chi connectivity index (χ0n) is 7.05. The van der Waals surface area contributed by atoms with E-state index >= 15 is 0 Å². The first-order chi connectivity index (χ1) is 6.84. The maximum atomic E-state index is 5.58. The minimum absolute atomic E-state index is 0.162. The van der Waals surface area contributed by atoms with Gasteiger partial charge in [-0.05, 0) is 23.7 Å². The maximum absolute atomic E-state index is 5.58. The van der Waals surface area contributed by atoms with Crippen LogP contribution in [-0.2, 0) is 5.75 Å². The number of thioether (sulfide) groups is 1. The summed E-state index contributed by atoms with van der Waals surface area (Å²) in [4.78, 5) is 3.99. The van der Waals surface area contributed by atoms with Crippen molar-refractivity contribution in [3.8, 4) is 0 Å². The monoisotopic (exact) mass is 227 g/mol. The third-order valence-electron chi connectivity index (χ3n) is 1.45. The molecule has 4 nitrogen and oxygen atoms in total. The number of furan rings is 1. The fourth-order valence-electron chi connectivity index (χ4n) is 0.877. The molecule has 0 aliphatic rings. The molecule has 0 atom stereocenters. The molecule has 6 heteroatoms. The lowest BCUT2D eigenvalue weighted by Crippen LogP contribution is -1.88. The van der Waals surface area contributed by atoms with Gasteiger partial charge in [-0.3, -0.25) is 0 Å². The van der Waals surface area contributed by atoms with Gasteiger partial charge in [-0.1, -0.05) is 11.8 Å². The van der Waals surface area contributed by atoms with Gasteiger partial charge in [0.15, 0.2) is 0 Å². The van der Waals surface area contributed by atoms with E-state index in [0.29, 0.717) is 5.75 Å². The Morgan fingerprint density at radius 2 is 2.43 bits per heavy atom. The molecule has 2 heterocycles. The molecular formula is C8H6ClN3OS. The van der Waals surface area contributed by atoms with E-state index in [-0.39, 0.29) is 5.28 Å². The van der Waals surface area contributed by atoms with Crippen molar-refractivity contribution < 1.29 is 4.42 Å². The van der Waals surface area contributed by atoms with E-state index in [1.165, 1.54) is 11.8 Å². The van der Waals surface area contributed by atoms with Crippen LogP contribution in [0.2, 0.25) is 5.28 Å². The molecule has 0 N–H and O–H groups in total. The van der Waals surface area contributed by atoms with Crippen LogP contribution in [0.15, 0.2) is 34.0 Å². The Bertz CT molecular complexity index is 407. The summed E-state index contributed by atoms with van der Waals surface area (Å²) < 4.78 is 5.17. The van der Waals surface area contributed by atoms with Crippen molar-refractivity contribution in [1.82, 2.24) is 15.2 Å². The highest BCUT2D eigenvalue weighted by Crippen LogP contribution is 2.20. The van der Waals surface area contributed by atoms with Gasteiger partial charge >= 0.3 is 0 Å². The Hall–Kier alpha value is -1.07. The van der Waals surface area contributed by atoms with Crippen molar-refractivity contribution in [1.29, 1.82) is 0 Å². The smallest absolute Gasteiger partial charge is 0.244 e. The fourth-order valence-corrected chi connectivity index (χ4v) is 1.79. The average molecular weight is 228 g/mol. The predicted molar refractivity (Wildman–Crippen MR) is 53.1 cm³/mol. The van der Waals surface area contributed by atoms with Crippen LogP contribution >= 0.6 is 23.4 Å². The lowest BCUT2D eigenvalue weighted by molar-refractivity contribution is 0.530. The number of hydrogen-bond acceptors (Lipinski definition) is 5. The molecule has 0 aromatic carbocycles. The summed E-state index contributed by atoms with van der Waals surface area (Å²) in [7, 11) is 0. The van der Waals surface area contributed by atoms with Crippen LogP contribution in [0.25, 0.3) is 0 Å².